The Hall–Kier alpha value is -2.41. The lowest BCUT2D eigenvalue weighted by atomic mass is 9.90. The minimum atomic E-state index is -0.825. The summed E-state index contributed by atoms with van der Waals surface area (Å²) in [7, 11) is 1.61. The fraction of sp³-hybridized carbons (Fsp3) is 0.350. The molecule has 2 aromatic rings. The summed E-state index contributed by atoms with van der Waals surface area (Å²) in [5, 5.41) is 3.10. The molecule has 0 aliphatic carbocycles. The van der Waals surface area contributed by atoms with Crippen molar-refractivity contribution in [3.8, 4) is 17.2 Å². The van der Waals surface area contributed by atoms with Gasteiger partial charge in [0, 0.05) is 22.1 Å². The molecule has 2 amide bonds. The van der Waals surface area contributed by atoms with Crippen molar-refractivity contribution < 1.29 is 19.0 Å². The number of methoxy groups -OCH3 is 1. The van der Waals surface area contributed by atoms with Crippen LogP contribution >= 0.6 is 15.9 Å². The van der Waals surface area contributed by atoms with Crippen molar-refractivity contribution in [3.05, 3.63) is 46.4 Å². The quantitative estimate of drug-likeness (QED) is 0.764. The molecular weight excluding hydrogens is 412 g/mol. The molecule has 142 valence electrons. The van der Waals surface area contributed by atoms with Crippen molar-refractivity contribution in [1.29, 1.82) is 0 Å². The molecular formula is C20H21BrN2O4. The van der Waals surface area contributed by atoms with Gasteiger partial charge >= 0.3 is 6.03 Å². The van der Waals surface area contributed by atoms with Crippen LogP contribution in [0.1, 0.15) is 31.9 Å². The van der Waals surface area contributed by atoms with Gasteiger partial charge in [-0.2, -0.15) is 0 Å². The van der Waals surface area contributed by atoms with Crippen molar-refractivity contribution in [1.82, 2.24) is 5.32 Å². The molecule has 0 aromatic heterocycles. The molecule has 2 aliphatic rings. The SMILES string of the molecule is CCOc1ccc(N2C(=O)NC3C[C@@]2(C)Oc2c(OC)cc(Br)cc23)cc1. The third-order valence-corrected chi connectivity index (χ3v) is 5.39. The van der Waals surface area contributed by atoms with Gasteiger partial charge in [0.25, 0.3) is 0 Å². The molecule has 1 saturated heterocycles. The van der Waals surface area contributed by atoms with Crippen LogP contribution in [0.5, 0.6) is 17.2 Å². The summed E-state index contributed by atoms with van der Waals surface area (Å²) in [5.41, 5.74) is 0.837. The molecule has 2 atom stereocenters. The maximum atomic E-state index is 12.9. The van der Waals surface area contributed by atoms with Gasteiger partial charge < -0.3 is 19.5 Å². The van der Waals surface area contributed by atoms with E-state index in [0.717, 1.165) is 21.5 Å². The van der Waals surface area contributed by atoms with E-state index in [0.29, 0.717) is 24.5 Å². The van der Waals surface area contributed by atoms with Gasteiger partial charge in [-0.05, 0) is 50.2 Å². The molecule has 0 radical (unpaired) electrons. The second kappa shape index (κ2) is 6.64. The number of urea groups is 1. The summed E-state index contributed by atoms with van der Waals surface area (Å²) in [6.45, 7) is 4.46. The zero-order chi connectivity index (χ0) is 19.2. The van der Waals surface area contributed by atoms with Crippen LogP contribution in [-0.2, 0) is 0 Å². The molecule has 0 saturated carbocycles. The Labute approximate surface area is 166 Å². The zero-order valence-corrected chi connectivity index (χ0v) is 17.0. The Kier molecular flexibility index (Phi) is 4.42. The van der Waals surface area contributed by atoms with E-state index in [1.165, 1.54) is 0 Å². The first-order valence-electron chi connectivity index (χ1n) is 8.85. The lowest BCUT2D eigenvalue weighted by molar-refractivity contribution is 0.0349. The van der Waals surface area contributed by atoms with Gasteiger partial charge in [-0.25, -0.2) is 4.79 Å². The van der Waals surface area contributed by atoms with Crippen LogP contribution in [0.15, 0.2) is 40.9 Å². The smallest absolute Gasteiger partial charge is 0.325 e. The number of nitrogens with zero attached hydrogens (tertiary/aromatic N) is 1. The number of halogens is 1. The highest BCUT2D eigenvalue weighted by molar-refractivity contribution is 9.10. The molecule has 1 unspecified atom stereocenters. The lowest BCUT2D eigenvalue weighted by Gasteiger charge is -2.50. The molecule has 4 rings (SSSR count). The highest BCUT2D eigenvalue weighted by atomic mass is 79.9. The van der Waals surface area contributed by atoms with E-state index in [2.05, 4.69) is 21.2 Å². The number of carbonyl (C=O) groups excluding carboxylic acids is 1. The minimum Gasteiger partial charge on any atom is -0.494 e. The number of amides is 2. The molecule has 2 aromatic carbocycles. The van der Waals surface area contributed by atoms with Crippen LogP contribution in [-0.4, -0.2) is 25.5 Å². The molecule has 0 spiro atoms. The highest BCUT2D eigenvalue weighted by Crippen LogP contribution is 2.50. The summed E-state index contributed by atoms with van der Waals surface area (Å²) >= 11 is 3.50. The minimum absolute atomic E-state index is 0.142. The number of ether oxygens (including phenoxy) is 3. The molecule has 2 heterocycles. The van der Waals surface area contributed by atoms with Gasteiger partial charge in [-0.3, -0.25) is 4.90 Å². The largest absolute Gasteiger partial charge is 0.494 e. The van der Waals surface area contributed by atoms with Gasteiger partial charge in [0.2, 0.25) is 0 Å². The first-order valence-corrected chi connectivity index (χ1v) is 9.64. The van der Waals surface area contributed by atoms with E-state index in [4.69, 9.17) is 14.2 Å². The maximum Gasteiger partial charge on any atom is 0.325 e. The summed E-state index contributed by atoms with van der Waals surface area (Å²) in [5.74, 6) is 2.07. The van der Waals surface area contributed by atoms with Crippen LogP contribution in [0.4, 0.5) is 10.5 Å². The maximum absolute atomic E-state index is 12.9. The van der Waals surface area contributed by atoms with E-state index >= 15 is 0 Å². The molecule has 7 heteroatoms. The van der Waals surface area contributed by atoms with Crippen molar-refractivity contribution in [2.75, 3.05) is 18.6 Å². The molecule has 27 heavy (non-hydrogen) atoms. The average Bonchev–Trinajstić information content (AvgIpc) is 2.63. The van der Waals surface area contributed by atoms with E-state index in [-0.39, 0.29) is 12.1 Å². The van der Waals surface area contributed by atoms with Gasteiger partial charge in [0.15, 0.2) is 17.2 Å². The predicted octanol–water partition coefficient (Wildman–Crippen LogP) is 4.63. The number of nitrogens with one attached hydrogen (secondary N) is 1. The van der Waals surface area contributed by atoms with E-state index < -0.39 is 5.72 Å². The number of hydrogen-bond acceptors (Lipinski definition) is 4. The lowest BCUT2D eigenvalue weighted by Crippen LogP contribution is -2.65. The third kappa shape index (κ3) is 3.00. The zero-order valence-electron chi connectivity index (χ0n) is 15.4. The molecule has 2 aliphatic heterocycles. The summed E-state index contributed by atoms with van der Waals surface area (Å²) < 4.78 is 18.3. The first-order chi connectivity index (χ1) is 12.9. The van der Waals surface area contributed by atoms with Crippen LogP contribution in [0, 0.1) is 0 Å². The number of benzene rings is 2. The Morgan fingerprint density at radius 2 is 2.07 bits per heavy atom. The van der Waals surface area contributed by atoms with Crippen molar-refractivity contribution >= 4 is 27.6 Å². The van der Waals surface area contributed by atoms with Gasteiger partial charge in [-0.15, -0.1) is 0 Å². The van der Waals surface area contributed by atoms with E-state index in [1.54, 1.807) is 12.0 Å². The fourth-order valence-electron chi connectivity index (χ4n) is 3.80. The molecule has 1 N–H and O–H groups in total. The van der Waals surface area contributed by atoms with E-state index in [9.17, 15) is 4.79 Å². The van der Waals surface area contributed by atoms with Gasteiger partial charge in [0.1, 0.15) is 5.75 Å². The summed E-state index contributed by atoms with van der Waals surface area (Å²) in [6, 6.07) is 11.0. The van der Waals surface area contributed by atoms with Crippen LogP contribution in [0.25, 0.3) is 0 Å². The average molecular weight is 433 g/mol. The Morgan fingerprint density at radius 3 is 2.74 bits per heavy atom. The summed E-state index contributed by atoms with van der Waals surface area (Å²) in [4.78, 5) is 14.6. The Bertz CT molecular complexity index is 886. The normalized spacial score (nSPS) is 23.2. The van der Waals surface area contributed by atoms with Crippen LogP contribution in [0.3, 0.4) is 0 Å². The van der Waals surface area contributed by atoms with Crippen molar-refractivity contribution in [2.24, 2.45) is 0 Å². The fourth-order valence-corrected chi connectivity index (χ4v) is 4.26. The second-order valence-corrected chi connectivity index (χ2v) is 7.69. The van der Waals surface area contributed by atoms with Gasteiger partial charge in [-0.1, -0.05) is 15.9 Å². The second-order valence-electron chi connectivity index (χ2n) is 6.77. The van der Waals surface area contributed by atoms with E-state index in [1.807, 2.05) is 50.2 Å². The van der Waals surface area contributed by atoms with Crippen LogP contribution in [0.2, 0.25) is 0 Å². The Morgan fingerprint density at radius 1 is 1.33 bits per heavy atom. The molecule has 1 fully saturated rings. The standard InChI is InChI=1S/C20H21BrN2O4/c1-4-26-14-7-5-13(6-8-14)23-19(24)22-16-11-20(23,2)27-18-15(16)9-12(21)10-17(18)25-3/h5-10,16H,4,11H2,1-3H3,(H,22,24)/t16?,20-/m1/s1. The van der Waals surface area contributed by atoms with Gasteiger partial charge in [0.05, 0.1) is 19.8 Å². The number of rotatable bonds is 4. The number of carbonyl (C=O) groups is 1. The molecule has 2 bridgehead atoms. The number of hydrogen-bond donors (Lipinski definition) is 1. The predicted molar refractivity (Wildman–Crippen MR) is 106 cm³/mol. The molecule has 6 nitrogen and oxygen atoms in total. The highest BCUT2D eigenvalue weighted by Gasteiger charge is 2.50. The van der Waals surface area contributed by atoms with Crippen molar-refractivity contribution in [3.63, 3.8) is 0 Å². The van der Waals surface area contributed by atoms with Crippen LogP contribution < -0.4 is 24.4 Å². The number of anilines is 1. The Balaban J connectivity index is 1.75. The summed E-state index contributed by atoms with van der Waals surface area (Å²) in [6.07, 6.45) is 0.624. The number of fused-ring (bicyclic) bond motifs is 4. The third-order valence-electron chi connectivity index (χ3n) is 4.93. The van der Waals surface area contributed by atoms with Crippen molar-refractivity contribution in [2.45, 2.75) is 32.0 Å². The topological polar surface area (TPSA) is 60.0 Å². The monoisotopic (exact) mass is 432 g/mol. The first kappa shape index (κ1) is 18.0.